The molecule has 0 aromatic carbocycles. The van der Waals surface area contributed by atoms with E-state index in [0.29, 0.717) is 6.54 Å². The maximum absolute atomic E-state index is 11.6. The van der Waals surface area contributed by atoms with Gasteiger partial charge in [-0.05, 0) is 5.92 Å². The number of fused-ring (bicyclic) bond motifs is 2. The quantitative estimate of drug-likeness (QED) is 0.619. The highest BCUT2D eigenvalue weighted by Crippen LogP contribution is 2.33. The average molecular weight is 209 g/mol. The third-order valence-electron chi connectivity index (χ3n) is 3.24. The summed E-state index contributed by atoms with van der Waals surface area (Å²) in [5.74, 6) is -0.500. The van der Waals surface area contributed by atoms with E-state index in [4.69, 9.17) is 5.73 Å². The molecule has 2 heterocycles. The number of hydrogen-bond acceptors (Lipinski definition) is 2. The van der Waals surface area contributed by atoms with E-state index in [-0.39, 0.29) is 18.0 Å². The van der Waals surface area contributed by atoms with E-state index in [1.807, 2.05) is 19.9 Å². The highest BCUT2D eigenvalue weighted by molar-refractivity contribution is 5.94. The maximum atomic E-state index is 11.6. The van der Waals surface area contributed by atoms with Crippen LogP contribution in [0.3, 0.4) is 0 Å². The molecule has 2 rings (SSSR count). The van der Waals surface area contributed by atoms with E-state index in [1.165, 1.54) is 4.90 Å². The van der Waals surface area contributed by atoms with Crippen LogP contribution in [0.5, 0.6) is 0 Å². The van der Waals surface area contributed by atoms with E-state index in [9.17, 15) is 9.59 Å². The molecule has 0 radical (unpaired) electrons. The summed E-state index contributed by atoms with van der Waals surface area (Å²) < 4.78 is 0. The van der Waals surface area contributed by atoms with Gasteiger partial charge >= 0.3 is 6.03 Å². The zero-order valence-electron chi connectivity index (χ0n) is 8.86. The van der Waals surface area contributed by atoms with Crippen molar-refractivity contribution in [2.24, 2.45) is 11.7 Å². The van der Waals surface area contributed by atoms with Crippen molar-refractivity contribution in [3.8, 4) is 0 Å². The second-order valence-corrected chi connectivity index (χ2v) is 4.37. The largest absolute Gasteiger partial charge is 0.367 e. The topological polar surface area (TPSA) is 75.4 Å². The number of urea groups is 1. The molecule has 82 valence electrons. The highest BCUT2D eigenvalue weighted by Gasteiger charge is 2.51. The molecule has 0 spiro atoms. The molecule has 0 aliphatic carbocycles. The number of carbonyl (C=O) groups is 2. The van der Waals surface area contributed by atoms with E-state index in [1.54, 1.807) is 6.08 Å². The summed E-state index contributed by atoms with van der Waals surface area (Å²) in [6.07, 6.45) is 3.61. The second-order valence-electron chi connectivity index (χ2n) is 4.37. The molecule has 1 fully saturated rings. The molecule has 2 bridgehead atoms. The van der Waals surface area contributed by atoms with Crippen molar-refractivity contribution in [1.82, 2.24) is 10.2 Å². The van der Waals surface area contributed by atoms with Gasteiger partial charge in [0.1, 0.15) is 5.54 Å². The summed E-state index contributed by atoms with van der Waals surface area (Å²) >= 11 is 0. The normalized spacial score (nSPS) is 33.4. The maximum Gasteiger partial charge on any atom is 0.319 e. The number of rotatable bonds is 2. The van der Waals surface area contributed by atoms with Crippen LogP contribution in [0, 0.1) is 5.92 Å². The van der Waals surface area contributed by atoms with Crippen molar-refractivity contribution in [2.45, 2.75) is 25.4 Å². The lowest BCUT2D eigenvalue weighted by Gasteiger charge is -2.40. The minimum absolute atomic E-state index is 0.0173. The van der Waals surface area contributed by atoms with Gasteiger partial charge in [-0.2, -0.15) is 0 Å². The molecular weight excluding hydrogens is 194 g/mol. The van der Waals surface area contributed by atoms with Gasteiger partial charge in [-0.25, -0.2) is 4.79 Å². The Morgan fingerprint density at radius 3 is 2.93 bits per heavy atom. The van der Waals surface area contributed by atoms with E-state index < -0.39 is 11.4 Å². The standard InChI is InChI=1S/C10H15N3O2/c1-6(2)10(8(11)14)4-3-7-5-13(10)9(15)12-7/h3-4,6-7H,5H2,1-2H3,(H2,11,14)(H,12,15). The van der Waals surface area contributed by atoms with Gasteiger partial charge in [0, 0.05) is 6.54 Å². The van der Waals surface area contributed by atoms with Crippen molar-refractivity contribution in [3.05, 3.63) is 12.2 Å². The molecule has 3 N–H and O–H groups in total. The number of hydrogen-bond donors (Lipinski definition) is 2. The Morgan fingerprint density at radius 1 is 1.73 bits per heavy atom. The Labute approximate surface area is 88.3 Å². The van der Waals surface area contributed by atoms with Gasteiger partial charge in [-0.3, -0.25) is 4.79 Å². The summed E-state index contributed by atoms with van der Waals surface area (Å²) in [6.45, 7) is 4.30. The molecule has 0 aromatic heterocycles. The second kappa shape index (κ2) is 2.98. The Morgan fingerprint density at radius 2 is 2.40 bits per heavy atom. The molecule has 1 saturated heterocycles. The molecule has 0 aromatic rings. The van der Waals surface area contributed by atoms with Crippen molar-refractivity contribution in [2.75, 3.05) is 6.54 Å². The van der Waals surface area contributed by atoms with Gasteiger partial charge in [0.25, 0.3) is 0 Å². The minimum atomic E-state index is -0.961. The van der Waals surface area contributed by atoms with Gasteiger partial charge in [-0.15, -0.1) is 0 Å². The van der Waals surface area contributed by atoms with Crippen LogP contribution in [-0.2, 0) is 4.79 Å². The first-order chi connectivity index (χ1) is 6.98. The van der Waals surface area contributed by atoms with E-state index in [2.05, 4.69) is 5.32 Å². The zero-order chi connectivity index (χ0) is 11.2. The van der Waals surface area contributed by atoms with Crippen LogP contribution in [0.4, 0.5) is 4.79 Å². The summed E-state index contributed by atoms with van der Waals surface area (Å²) in [5, 5.41) is 2.77. The van der Waals surface area contributed by atoms with Crippen LogP contribution in [-0.4, -0.2) is 35.0 Å². The van der Waals surface area contributed by atoms with Crippen LogP contribution in [0.15, 0.2) is 12.2 Å². The average Bonchev–Trinajstić information content (AvgIpc) is 2.43. The third-order valence-corrected chi connectivity index (χ3v) is 3.24. The predicted octanol–water partition coefficient (Wildman–Crippen LogP) is -0.170. The predicted molar refractivity (Wildman–Crippen MR) is 54.9 cm³/mol. The molecular formula is C10H15N3O2. The fourth-order valence-corrected chi connectivity index (χ4v) is 2.35. The highest BCUT2D eigenvalue weighted by atomic mass is 16.2. The van der Waals surface area contributed by atoms with Crippen molar-refractivity contribution in [1.29, 1.82) is 0 Å². The lowest BCUT2D eigenvalue weighted by molar-refractivity contribution is -0.127. The Bertz CT molecular complexity index is 351. The summed E-state index contributed by atoms with van der Waals surface area (Å²) in [7, 11) is 0. The lowest BCUT2D eigenvalue weighted by atomic mass is 9.81. The smallest absolute Gasteiger partial charge is 0.319 e. The number of nitrogens with zero attached hydrogens (tertiary/aromatic N) is 1. The molecule has 5 nitrogen and oxygen atoms in total. The minimum Gasteiger partial charge on any atom is -0.367 e. The summed E-state index contributed by atoms with van der Waals surface area (Å²) in [5.41, 5.74) is 4.48. The van der Waals surface area contributed by atoms with Crippen LogP contribution in [0.25, 0.3) is 0 Å². The molecule has 2 atom stereocenters. The SMILES string of the molecule is CC(C)C1(C(N)=O)C=CC2CN1C(=O)N2. The fraction of sp³-hybridized carbons (Fsp3) is 0.600. The van der Waals surface area contributed by atoms with Crippen LogP contribution in [0.2, 0.25) is 0 Å². The van der Waals surface area contributed by atoms with Gasteiger partial charge in [0.05, 0.1) is 6.04 Å². The zero-order valence-corrected chi connectivity index (χ0v) is 8.86. The van der Waals surface area contributed by atoms with Crippen LogP contribution >= 0.6 is 0 Å². The number of nitrogens with two attached hydrogens (primary N) is 1. The molecule has 2 unspecified atom stereocenters. The molecule has 2 aliphatic heterocycles. The molecule has 3 amide bonds. The van der Waals surface area contributed by atoms with E-state index in [0.717, 1.165) is 0 Å². The Balaban J connectivity index is 2.49. The van der Waals surface area contributed by atoms with Crippen LogP contribution in [0.1, 0.15) is 13.8 Å². The Hall–Kier alpha value is -1.52. The number of carbonyl (C=O) groups excluding carboxylic acids is 2. The number of amides is 3. The van der Waals surface area contributed by atoms with Crippen molar-refractivity contribution in [3.63, 3.8) is 0 Å². The number of nitrogens with one attached hydrogen (secondary N) is 1. The molecule has 5 heteroatoms. The first-order valence-corrected chi connectivity index (χ1v) is 5.06. The molecule has 15 heavy (non-hydrogen) atoms. The Kier molecular flexibility index (Phi) is 1.99. The monoisotopic (exact) mass is 209 g/mol. The fourth-order valence-electron chi connectivity index (χ4n) is 2.35. The number of primary amides is 1. The lowest BCUT2D eigenvalue weighted by Crippen LogP contribution is -2.61. The first-order valence-electron chi connectivity index (χ1n) is 5.06. The van der Waals surface area contributed by atoms with Crippen molar-refractivity contribution < 1.29 is 9.59 Å². The van der Waals surface area contributed by atoms with E-state index >= 15 is 0 Å². The molecule has 0 saturated carbocycles. The van der Waals surface area contributed by atoms with Gasteiger partial charge in [0.2, 0.25) is 5.91 Å². The van der Waals surface area contributed by atoms with Gasteiger partial charge in [-0.1, -0.05) is 26.0 Å². The first kappa shape index (κ1) is 10.0. The summed E-state index contributed by atoms with van der Waals surface area (Å²) in [4.78, 5) is 24.8. The van der Waals surface area contributed by atoms with Crippen molar-refractivity contribution >= 4 is 11.9 Å². The van der Waals surface area contributed by atoms with Gasteiger partial charge < -0.3 is 16.0 Å². The summed E-state index contributed by atoms with van der Waals surface area (Å²) in [6, 6.07) is -0.193. The third kappa shape index (κ3) is 1.15. The van der Waals surface area contributed by atoms with Gasteiger partial charge in [0.15, 0.2) is 0 Å². The molecule has 2 aliphatic rings. The van der Waals surface area contributed by atoms with Crippen LogP contribution < -0.4 is 11.1 Å².